The Balaban J connectivity index is 1.31. The summed E-state index contributed by atoms with van der Waals surface area (Å²) < 4.78 is 11.7. The van der Waals surface area contributed by atoms with Crippen LogP contribution in [0.5, 0.6) is 0 Å². The summed E-state index contributed by atoms with van der Waals surface area (Å²) >= 11 is 0. The highest BCUT2D eigenvalue weighted by Crippen LogP contribution is 2.31. The van der Waals surface area contributed by atoms with E-state index in [1.165, 1.54) is 6.42 Å². The molecule has 0 atom stereocenters. The predicted octanol–water partition coefficient (Wildman–Crippen LogP) is 5.41. The van der Waals surface area contributed by atoms with Gasteiger partial charge in [0.1, 0.15) is 11.3 Å². The van der Waals surface area contributed by atoms with Gasteiger partial charge < -0.3 is 14.2 Å². The largest absolute Gasteiger partial charge is 0.464 e. The molecule has 184 valence electrons. The highest BCUT2D eigenvalue weighted by Gasteiger charge is 2.29. The molecule has 7 heteroatoms. The Bertz CT molecular complexity index is 1310. The second-order valence-electron chi connectivity index (χ2n) is 10.0. The summed E-state index contributed by atoms with van der Waals surface area (Å²) in [5.41, 5.74) is 9.01. The number of nitrogens with zero attached hydrogens (tertiary/aromatic N) is 1. The molecule has 35 heavy (non-hydrogen) atoms. The van der Waals surface area contributed by atoms with E-state index in [4.69, 9.17) is 8.83 Å². The van der Waals surface area contributed by atoms with Gasteiger partial charge in [0.15, 0.2) is 5.76 Å². The van der Waals surface area contributed by atoms with E-state index in [0.29, 0.717) is 5.76 Å². The van der Waals surface area contributed by atoms with Crippen LogP contribution >= 0.6 is 0 Å². The lowest BCUT2D eigenvalue weighted by Gasteiger charge is -2.22. The monoisotopic (exact) mass is 475 g/mol. The topological polar surface area (TPSA) is 96.8 Å². The standard InChI is InChI=1S/C28H33N3O4/c1-16-12-17(2)25-19(15-34-23(25)13-16)14-24(32)31-30-21-10-7-11-22-26(21)18(3)27(35-22)28(33)29-20-8-5-4-6-9-20/h12-13,15,20H,4-11,14H2,1-3H3,(H,29,33)(H,31,32)/b30-21+. The van der Waals surface area contributed by atoms with Crippen molar-refractivity contribution in [1.29, 1.82) is 0 Å². The quantitative estimate of drug-likeness (QED) is 0.482. The fraction of sp³-hybridized carbons (Fsp3) is 0.464. The molecule has 0 aliphatic heterocycles. The highest BCUT2D eigenvalue weighted by atomic mass is 16.4. The fourth-order valence-electron chi connectivity index (χ4n) is 5.59. The van der Waals surface area contributed by atoms with E-state index in [-0.39, 0.29) is 24.3 Å². The van der Waals surface area contributed by atoms with Crippen LogP contribution in [-0.2, 0) is 17.6 Å². The molecule has 0 spiro atoms. The van der Waals surface area contributed by atoms with Gasteiger partial charge in [0, 0.05) is 34.5 Å². The maximum absolute atomic E-state index is 12.9. The van der Waals surface area contributed by atoms with E-state index in [1.54, 1.807) is 6.26 Å². The number of furan rings is 2. The Morgan fingerprint density at radius 3 is 2.66 bits per heavy atom. The summed E-state index contributed by atoms with van der Waals surface area (Å²) in [6.45, 7) is 5.96. The number of hydrazone groups is 1. The number of carbonyl (C=O) groups excluding carboxylic acids is 2. The first-order chi connectivity index (χ1) is 16.9. The van der Waals surface area contributed by atoms with Crippen molar-refractivity contribution in [3.8, 4) is 0 Å². The predicted molar refractivity (Wildman–Crippen MR) is 135 cm³/mol. The summed E-state index contributed by atoms with van der Waals surface area (Å²) in [5, 5.41) is 8.60. The van der Waals surface area contributed by atoms with Gasteiger partial charge in [-0.1, -0.05) is 25.3 Å². The molecular weight excluding hydrogens is 442 g/mol. The van der Waals surface area contributed by atoms with Crippen LogP contribution in [0, 0.1) is 20.8 Å². The van der Waals surface area contributed by atoms with Crippen molar-refractivity contribution >= 4 is 28.5 Å². The molecule has 7 nitrogen and oxygen atoms in total. The molecule has 0 bridgehead atoms. The van der Waals surface area contributed by atoms with Crippen LogP contribution in [0.1, 0.15) is 89.1 Å². The average Bonchev–Trinajstić information content (AvgIpc) is 3.39. The number of amides is 2. The van der Waals surface area contributed by atoms with Gasteiger partial charge in [-0.3, -0.25) is 9.59 Å². The smallest absolute Gasteiger partial charge is 0.287 e. The fourth-order valence-corrected chi connectivity index (χ4v) is 5.59. The van der Waals surface area contributed by atoms with E-state index in [1.807, 2.05) is 26.8 Å². The van der Waals surface area contributed by atoms with Crippen LogP contribution in [0.3, 0.4) is 0 Å². The van der Waals surface area contributed by atoms with Crippen molar-refractivity contribution in [2.45, 2.75) is 84.6 Å². The van der Waals surface area contributed by atoms with Gasteiger partial charge in [-0.2, -0.15) is 5.10 Å². The van der Waals surface area contributed by atoms with Crippen LogP contribution in [0.15, 0.2) is 32.3 Å². The van der Waals surface area contributed by atoms with E-state index in [0.717, 1.165) is 95.2 Å². The molecule has 2 amide bonds. The first kappa shape index (κ1) is 23.4. The lowest BCUT2D eigenvalue weighted by atomic mass is 9.93. The highest BCUT2D eigenvalue weighted by molar-refractivity contribution is 6.06. The average molecular weight is 476 g/mol. The van der Waals surface area contributed by atoms with Gasteiger partial charge in [-0.05, 0) is 63.6 Å². The number of nitrogens with one attached hydrogen (secondary N) is 2. The number of aryl methyl sites for hydroxylation is 3. The molecule has 2 aliphatic carbocycles. The minimum atomic E-state index is -0.205. The van der Waals surface area contributed by atoms with Gasteiger partial charge >= 0.3 is 0 Å². The Kier molecular flexibility index (Phi) is 6.50. The van der Waals surface area contributed by atoms with Crippen molar-refractivity contribution in [2.75, 3.05) is 0 Å². The van der Waals surface area contributed by atoms with E-state index < -0.39 is 0 Å². The second-order valence-corrected chi connectivity index (χ2v) is 10.0. The van der Waals surface area contributed by atoms with Crippen molar-refractivity contribution in [3.63, 3.8) is 0 Å². The van der Waals surface area contributed by atoms with Gasteiger partial charge in [-0.15, -0.1) is 0 Å². The molecule has 1 aromatic carbocycles. The number of hydrogen-bond acceptors (Lipinski definition) is 5. The SMILES string of the molecule is Cc1cc(C)c2c(CC(=O)N/N=C3\CCCc4oc(C(=O)NC5CCCCC5)c(C)c43)coc2c1. The Morgan fingerprint density at radius 1 is 1.06 bits per heavy atom. The summed E-state index contributed by atoms with van der Waals surface area (Å²) in [7, 11) is 0. The van der Waals surface area contributed by atoms with Crippen molar-refractivity contribution < 1.29 is 18.4 Å². The Labute approximate surface area is 205 Å². The van der Waals surface area contributed by atoms with E-state index in [2.05, 4.69) is 21.9 Å². The third-order valence-electron chi connectivity index (χ3n) is 7.23. The number of fused-ring (bicyclic) bond motifs is 2. The normalized spacial score (nSPS) is 17.5. The maximum Gasteiger partial charge on any atom is 0.287 e. The van der Waals surface area contributed by atoms with Crippen LogP contribution in [-0.4, -0.2) is 23.6 Å². The molecule has 0 unspecified atom stereocenters. The second kappa shape index (κ2) is 9.72. The van der Waals surface area contributed by atoms with Gasteiger partial charge in [0.25, 0.3) is 5.91 Å². The molecule has 2 aliphatic rings. The molecule has 2 heterocycles. The molecule has 2 N–H and O–H groups in total. The van der Waals surface area contributed by atoms with Crippen molar-refractivity contribution in [3.05, 3.63) is 57.7 Å². The van der Waals surface area contributed by atoms with Gasteiger partial charge in [0.2, 0.25) is 5.91 Å². The summed E-state index contributed by atoms with van der Waals surface area (Å²) in [5.74, 6) is 0.799. The number of carbonyl (C=O) groups is 2. The van der Waals surface area contributed by atoms with Crippen molar-refractivity contribution in [1.82, 2.24) is 10.7 Å². The van der Waals surface area contributed by atoms with E-state index >= 15 is 0 Å². The summed E-state index contributed by atoms with van der Waals surface area (Å²) in [4.78, 5) is 25.7. The Morgan fingerprint density at radius 2 is 1.86 bits per heavy atom. The first-order valence-corrected chi connectivity index (χ1v) is 12.7. The number of rotatable bonds is 5. The first-order valence-electron chi connectivity index (χ1n) is 12.7. The molecule has 2 aromatic heterocycles. The van der Waals surface area contributed by atoms with Crippen LogP contribution < -0.4 is 10.7 Å². The minimum Gasteiger partial charge on any atom is -0.464 e. The van der Waals surface area contributed by atoms with E-state index in [9.17, 15) is 9.59 Å². The third kappa shape index (κ3) is 4.77. The maximum atomic E-state index is 12.9. The minimum absolute atomic E-state index is 0.148. The zero-order valence-electron chi connectivity index (χ0n) is 20.8. The van der Waals surface area contributed by atoms with Gasteiger partial charge in [0.05, 0.1) is 18.4 Å². The molecular formula is C28H33N3O4. The zero-order valence-corrected chi connectivity index (χ0v) is 20.8. The van der Waals surface area contributed by atoms with Gasteiger partial charge in [-0.25, -0.2) is 5.43 Å². The Hall–Kier alpha value is -3.35. The zero-order chi connectivity index (χ0) is 24.5. The molecule has 5 rings (SSSR count). The lowest BCUT2D eigenvalue weighted by molar-refractivity contribution is -0.120. The van der Waals surface area contributed by atoms with Crippen LogP contribution in [0.2, 0.25) is 0 Å². The van der Waals surface area contributed by atoms with Crippen molar-refractivity contribution in [2.24, 2.45) is 5.10 Å². The number of hydrogen-bond donors (Lipinski definition) is 2. The molecule has 0 radical (unpaired) electrons. The summed E-state index contributed by atoms with van der Waals surface area (Å²) in [6, 6.07) is 4.29. The summed E-state index contributed by atoms with van der Waals surface area (Å²) in [6.07, 6.45) is 9.78. The molecule has 0 saturated heterocycles. The third-order valence-corrected chi connectivity index (χ3v) is 7.23. The molecule has 1 saturated carbocycles. The number of benzene rings is 1. The lowest BCUT2D eigenvalue weighted by Crippen LogP contribution is -2.36. The molecule has 3 aromatic rings. The van der Waals surface area contributed by atoms with Crippen LogP contribution in [0.25, 0.3) is 11.0 Å². The van der Waals surface area contributed by atoms with Crippen LogP contribution in [0.4, 0.5) is 0 Å². The molecule has 1 fully saturated rings.